The number of benzene rings is 1. The lowest BCUT2D eigenvalue weighted by molar-refractivity contribution is -0.121. The zero-order valence-electron chi connectivity index (χ0n) is 11.5. The second-order valence-corrected chi connectivity index (χ2v) is 4.60. The number of nitrogens with one attached hydrogen (secondary N) is 1. The van der Waals surface area contributed by atoms with Crippen LogP contribution in [0, 0.1) is 0 Å². The van der Waals surface area contributed by atoms with Crippen molar-refractivity contribution in [2.24, 2.45) is 5.73 Å². The number of carbonyl (C=O) groups excluding carboxylic acids is 1. The highest BCUT2D eigenvalue weighted by Crippen LogP contribution is 2.11. The maximum Gasteiger partial charge on any atom is 0.220 e. The standard InChI is InChI=1S/C14H19N5O/c1-11(16-14(20)8-5-9-15)13-10-19(18-17-13)12-6-3-2-4-7-12/h2-4,6-7,10-11H,5,8-9,15H2,1H3,(H,16,20). The predicted octanol–water partition coefficient (Wildman–Crippen LogP) is 1.18. The smallest absolute Gasteiger partial charge is 0.220 e. The zero-order chi connectivity index (χ0) is 14.4. The number of rotatable bonds is 6. The fraction of sp³-hybridized carbons (Fsp3) is 0.357. The van der Waals surface area contributed by atoms with E-state index in [4.69, 9.17) is 5.73 Å². The molecule has 1 aromatic heterocycles. The van der Waals surface area contributed by atoms with Gasteiger partial charge in [-0.1, -0.05) is 23.4 Å². The number of amides is 1. The minimum Gasteiger partial charge on any atom is -0.348 e. The molecule has 20 heavy (non-hydrogen) atoms. The fourth-order valence-corrected chi connectivity index (χ4v) is 1.83. The van der Waals surface area contributed by atoms with Crippen molar-refractivity contribution in [1.29, 1.82) is 0 Å². The van der Waals surface area contributed by atoms with Crippen molar-refractivity contribution in [3.05, 3.63) is 42.2 Å². The van der Waals surface area contributed by atoms with Crippen molar-refractivity contribution in [1.82, 2.24) is 20.3 Å². The molecular weight excluding hydrogens is 254 g/mol. The third-order valence-corrected chi connectivity index (χ3v) is 2.96. The number of para-hydroxylation sites is 1. The summed E-state index contributed by atoms with van der Waals surface area (Å²) < 4.78 is 1.69. The minimum absolute atomic E-state index is 0.0165. The number of hydrogen-bond donors (Lipinski definition) is 2. The van der Waals surface area contributed by atoms with Crippen molar-refractivity contribution in [2.75, 3.05) is 6.54 Å². The van der Waals surface area contributed by atoms with Gasteiger partial charge in [0.15, 0.2) is 0 Å². The summed E-state index contributed by atoms with van der Waals surface area (Å²) >= 11 is 0. The second kappa shape index (κ2) is 6.81. The van der Waals surface area contributed by atoms with E-state index >= 15 is 0 Å². The van der Waals surface area contributed by atoms with Gasteiger partial charge in [0.1, 0.15) is 5.69 Å². The number of aromatic nitrogens is 3. The highest BCUT2D eigenvalue weighted by atomic mass is 16.1. The van der Waals surface area contributed by atoms with E-state index in [1.54, 1.807) is 4.68 Å². The van der Waals surface area contributed by atoms with Crippen molar-refractivity contribution in [3.8, 4) is 5.69 Å². The molecule has 1 heterocycles. The summed E-state index contributed by atoms with van der Waals surface area (Å²) in [5.41, 5.74) is 7.05. The van der Waals surface area contributed by atoms with Gasteiger partial charge in [0, 0.05) is 6.42 Å². The molecule has 0 aliphatic rings. The van der Waals surface area contributed by atoms with Crippen LogP contribution in [-0.4, -0.2) is 27.4 Å². The summed E-state index contributed by atoms with van der Waals surface area (Å²) in [5, 5.41) is 11.1. The van der Waals surface area contributed by atoms with Crippen molar-refractivity contribution >= 4 is 5.91 Å². The molecule has 106 valence electrons. The highest BCUT2D eigenvalue weighted by molar-refractivity contribution is 5.76. The predicted molar refractivity (Wildman–Crippen MR) is 76.2 cm³/mol. The van der Waals surface area contributed by atoms with Crippen LogP contribution in [0.2, 0.25) is 0 Å². The third kappa shape index (κ3) is 3.64. The van der Waals surface area contributed by atoms with Gasteiger partial charge in [-0.05, 0) is 32.0 Å². The normalized spacial score (nSPS) is 12.1. The molecule has 1 amide bonds. The Morgan fingerprint density at radius 3 is 2.85 bits per heavy atom. The van der Waals surface area contributed by atoms with Crippen LogP contribution < -0.4 is 11.1 Å². The molecule has 0 spiro atoms. The Bertz CT molecular complexity index is 552. The van der Waals surface area contributed by atoms with Crippen molar-refractivity contribution < 1.29 is 4.79 Å². The van der Waals surface area contributed by atoms with Crippen LogP contribution in [-0.2, 0) is 4.79 Å². The van der Waals surface area contributed by atoms with E-state index in [1.165, 1.54) is 0 Å². The van der Waals surface area contributed by atoms with Crippen LogP contribution in [0.15, 0.2) is 36.5 Å². The van der Waals surface area contributed by atoms with Crippen LogP contribution >= 0.6 is 0 Å². The summed E-state index contributed by atoms with van der Waals surface area (Å²) in [6, 6.07) is 9.55. The topological polar surface area (TPSA) is 85.8 Å². The van der Waals surface area contributed by atoms with Gasteiger partial charge in [0.25, 0.3) is 0 Å². The Labute approximate surface area is 118 Å². The number of nitrogens with two attached hydrogens (primary N) is 1. The van der Waals surface area contributed by atoms with E-state index in [-0.39, 0.29) is 11.9 Å². The third-order valence-electron chi connectivity index (χ3n) is 2.96. The Kier molecular flexibility index (Phi) is 4.84. The lowest BCUT2D eigenvalue weighted by atomic mass is 10.2. The quantitative estimate of drug-likeness (QED) is 0.827. The summed E-state index contributed by atoms with van der Waals surface area (Å²) in [7, 11) is 0. The fourth-order valence-electron chi connectivity index (χ4n) is 1.83. The SMILES string of the molecule is CC(NC(=O)CCCN)c1cn(-c2ccccc2)nn1. The summed E-state index contributed by atoms with van der Waals surface area (Å²) in [6.07, 6.45) is 2.95. The molecule has 3 N–H and O–H groups in total. The van der Waals surface area contributed by atoms with Gasteiger partial charge in [0.2, 0.25) is 5.91 Å². The number of hydrogen-bond acceptors (Lipinski definition) is 4. The Balaban J connectivity index is 2.00. The average Bonchev–Trinajstić information content (AvgIpc) is 2.96. The van der Waals surface area contributed by atoms with E-state index in [9.17, 15) is 4.79 Å². The molecule has 1 unspecified atom stereocenters. The molecule has 0 saturated carbocycles. The Morgan fingerprint density at radius 1 is 1.40 bits per heavy atom. The molecule has 2 aromatic rings. The summed E-state index contributed by atoms with van der Waals surface area (Å²) in [4.78, 5) is 11.6. The van der Waals surface area contributed by atoms with Crippen LogP contribution in [0.3, 0.4) is 0 Å². The first kappa shape index (κ1) is 14.2. The summed E-state index contributed by atoms with van der Waals surface area (Å²) in [6.45, 7) is 2.41. The van der Waals surface area contributed by atoms with Gasteiger partial charge in [-0.3, -0.25) is 4.79 Å². The molecule has 0 aliphatic heterocycles. The molecule has 1 aromatic carbocycles. The molecule has 0 radical (unpaired) electrons. The van der Waals surface area contributed by atoms with Gasteiger partial charge >= 0.3 is 0 Å². The van der Waals surface area contributed by atoms with Crippen LogP contribution in [0.4, 0.5) is 0 Å². The maximum atomic E-state index is 11.6. The van der Waals surface area contributed by atoms with Gasteiger partial charge in [-0.2, -0.15) is 0 Å². The monoisotopic (exact) mass is 273 g/mol. The molecule has 2 rings (SSSR count). The van der Waals surface area contributed by atoms with Crippen molar-refractivity contribution in [3.63, 3.8) is 0 Å². The van der Waals surface area contributed by atoms with E-state index in [2.05, 4.69) is 15.6 Å². The Hall–Kier alpha value is -2.21. The lowest BCUT2D eigenvalue weighted by Crippen LogP contribution is -2.27. The van der Waals surface area contributed by atoms with Crippen molar-refractivity contribution in [2.45, 2.75) is 25.8 Å². The zero-order valence-corrected chi connectivity index (χ0v) is 11.5. The van der Waals surface area contributed by atoms with Gasteiger partial charge in [-0.25, -0.2) is 4.68 Å². The van der Waals surface area contributed by atoms with E-state index in [0.717, 1.165) is 11.4 Å². The van der Waals surface area contributed by atoms with Gasteiger partial charge in [0.05, 0.1) is 17.9 Å². The first-order chi connectivity index (χ1) is 9.70. The van der Waals surface area contributed by atoms with Gasteiger partial charge < -0.3 is 11.1 Å². The van der Waals surface area contributed by atoms with E-state index < -0.39 is 0 Å². The number of carbonyl (C=O) groups is 1. The molecule has 0 saturated heterocycles. The molecular formula is C14H19N5O. The second-order valence-electron chi connectivity index (χ2n) is 4.60. The van der Waals surface area contributed by atoms with E-state index in [1.807, 2.05) is 43.5 Å². The summed E-state index contributed by atoms with van der Waals surface area (Å²) in [5.74, 6) is -0.0165. The van der Waals surface area contributed by atoms with Crippen LogP contribution in [0.25, 0.3) is 5.69 Å². The minimum atomic E-state index is -0.169. The Morgan fingerprint density at radius 2 is 2.15 bits per heavy atom. The lowest BCUT2D eigenvalue weighted by Gasteiger charge is -2.10. The molecule has 6 nitrogen and oxygen atoms in total. The maximum absolute atomic E-state index is 11.6. The highest BCUT2D eigenvalue weighted by Gasteiger charge is 2.13. The molecule has 0 aliphatic carbocycles. The molecule has 0 bridgehead atoms. The van der Waals surface area contributed by atoms with Crippen LogP contribution in [0.1, 0.15) is 31.5 Å². The molecule has 1 atom stereocenters. The first-order valence-corrected chi connectivity index (χ1v) is 6.68. The number of nitrogens with zero attached hydrogens (tertiary/aromatic N) is 3. The van der Waals surface area contributed by atoms with Gasteiger partial charge in [-0.15, -0.1) is 5.10 Å². The molecule has 6 heteroatoms. The largest absolute Gasteiger partial charge is 0.348 e. The van der Waals surface area contributed by atoms with Crippen LogP contribution in [0.5, 0.6) is 0 Å². The van der Waals surface area contributed by atoms with E-state index in [0.29, 0.717) is 19.4 Å². The first-order valence-electron chi connectivity index (χ1n) is 6.68. The molecule has 0 fully saturated rings. The average molecular weight is 273 g/mol.